The molecule has 0 spiro atoms. The SMILES string of the molecule is CCCCCc1cnn(N)n1. The molecule has 0 radical (unpaired) electrons. The monoisotopic (exact) mass is 154 g/mol. The summed E-state index contributed by atoms with van der Waals surface area (Å²) in [4.78, 5) is 1.11. The minimum atomic E-state index is 0.987. The van der Waals surface area contributed by atoms with E-state index in [0.717, 1.165) is 17.0 Å². The summed E-state index contributed by atoms with van der Waals surface area (Å²) < 4.78 is 0. The van der Waals surface area contributed by atoms with Gasteiger partial charge in [0.1, 0.15) is 0 Å². The van der Waals surface area contributed by atoms with Crippen molar-refractivity contribution in [2.24, 2.45) is 0 Å². The van der Waals surface area contributed by atoms with Crippen molar-refractivity contribution < 1.29 is 0 Å². The van der Waals surface area contributed by atoms with Gasteiger partial charge in [-0.25, -0.2) is 0 Å². The molecule has 0 aromatic carbocycles. The van der Waals surface area contributed by atoms with Crippen LogP contribution >= 0.6 is 0 Å². The summed E-state index contributed by atoms with van der Waals surface area (Å²) in [6.45, 7) is 2.18. The highest BCUT2D eigenvalue weighted by Crippen LogP contribution is 2.01. The van der Waals surface area contributed by atoms with Crippen molar-refractivity contribution >= 4 is 0 Å². The summed E-state index contributed by atoms with van der Waals surface area (Å²) in [5, 5.41) is 7.74. The molecular formula is C7H14N4. The Morgan fingerprint density at radius 3 is 2.91 bits per heavy atom. The predicted molar refractivity (Wildman–Crippen MR) is 43.4 cm³/mol. The van der Waals surface area contributed by atoms with Gasteiger partial charge in [-0.2, -0.15) is 0 Å². The lowest BCUT2D eigenvalue weighted by atomic mass is 10.2. The smallest absolute Gasteiger partial charge is 0.0848 e. The molecule has 0 saturated carbocycles. The first kappa shape index (κ1) is 8.04. The molecule has 11 heavy (non-hydrogen) atoms. The highest BCUT2D eigenvalue weighted by Gasteiger charge is 1.96. The topological polar surface area (TPSA) is 56.7 Å². The summed E-state index contributed by atoms with van der Waals surface area (Å²) in [6, 6.07) is 0. The van der Waals surface area contributed by atoms with Gasteiger partial charge in [-0.05, 0) is 12.8 Å². The molecule has 0 fully saturated rings. The summed E-state index contributed by atoms with van der Waals surface area (Å²) in [6.07, 6.45) is 6.37. The van der Waals surface area contributed by atoms with Crippen LogP contribution in [0.2, 0.25) is 0 Å². The number of aromatic nitrogens is 3. The van der Waals surface area contributed by atoms with E-state index in [1.165, 1.54) is 19.3 Å². The van der Waals surface area contributed by atoms with Gasteiger partial charge in [0, 0.05) is 0 Å². The molecule has 62 valence electrons. The minimum absolute atomic E-state index is 0.987. The van der Waals surface area contributed by atoms with E-state index in [4.69, 9.17) is 5.84 Å². The van der Waals surface area contributed by atoms with E-state index in [0.29, 0.717) is 0 Å². The Balaban J connectivity index is 2.27. The number of hydrogen-bond acceptors (Lipinski definition) is 3. The molecule has 1 rings (SSSR count). The minimum Gasteiger partial charge on any atom is -0.306 e. The molecule has 2 N–H and O–H groups in total. The van der Waals surface area contributed by atoms with E-state index in [9.17, 15) is 0 Å². The third kappa shape index (κ3) is 2.57. The number of nitrogens with zero attached hydrogens (tertiary/aromatic N) is 3. The Morgan fingerprint density at radius 1 is 1.55 bits per heavy atom. The van der Waals surface area contributed by atoms with Crippen LogP contribution in [0.5, 0.6) is 0 Å². The third-order valence-corrected chi connectivity index (χ3v) is 1.59. The highest BCUT2D eigenvalue weighted by molar-refractivity contribution is 4.90. The van der Waals surface area contributed by atoms with Crippen molar-refractivity contribution in [3.05, 3.63) is 11.9 Å². The number of rotatable bonds is 4. The fourth-order valence-electron chi connectivity index (χ4n) is 0.980. The van der Waals surface area contributed by atoms with Crippen LogP contribution in [0.25, 0.3) is 0 Å². The molecular weight excluding hydrogens is 140 g/mol. The van der Waals surface area contributed by atoms with Crippen LogP contribution in [-0.2, 0) is 6.42 Å². The first-order valence-corrected chi connectivity index (χ1v) is 3.99. The summed E-state index contributed by atoms with van der Waals surface area (Å²) in [5.41, 5.74) is 0.987. The fourth-order valence-corrected chi connectivity index (χ4v) is 0.980. The van der Waals surface area contributed by atoms with Gasteiger partial charge in [0.15, 0.2) is 0 Å². The highest BCUT2D eigenvalue weighted by atomic mass is 15.6. The van der Waals surface area contributed by atoms with Gasteiger partial charge in [0.25, 0.3) is 0 Å². The van der Waals surface area contributed by atoms with Gasteiger partial charge in [-0.15, -0.1) is 10.2 Å². The van der Waals surface area contributed by atoms with E-state index < -0.39 is 0 Å². The number of nitrogens with two attached hydrogens (primary N) is 1. The largest absolute Gasteiger partial charge is 0.306 e. The second-order valence-electron chi connectivity index (χ2n) is 2.61. The molecule has 0 saturated heterocycles. The Hall–Kier alpha value is -1.06. The molecule has 1 heterocycles. The zero-order valence-electron chi connectivity index (χ0n) is 6.82. The summed E-state index contributed by atoms with van der Waals surface area (Å²) >= 11 is 0. The standard InChI is InChI=1S/C7H14N4/c1-2-3-4-5-7-6-9-11(8)10-7/h6H,2-5,8H2,1H3. The molecule has 4 nitrogen and oxygen atoms in total. The van der Waals surface area contributed by atoms with Crippen LogP contribution in [0.1, 0.15) is 31.9 Å². The second-order valence-corrected chi connectivity index (χ2v) is 2.61. The average Bonchev–Trinajstić information content (AvgIpc) is 2.37. The maximum Gasteiger partial charge on any atom is 0.0848 e. The summed E-state index contributed by atoms with van der Waals surface area (Å²) in [5.74, 6) is 5.28. The van der Waals surface area contributed by atoms with E-state index in [-0.39, 0.29) is 0 Å². The van der Waals surface area contributed by atoms with Crippen molar-refractivity contribution in [1.29, 1.82) is 0 Å². The van der Waals surface area contributed by atoms with Crippen LogP contribution in [-0.4, -0.2) is 15.1 Å². The summed E-state index contributed by atoms with van der Waals surface area (Å²) in [7, 11) is 0. The average molecular weight is 154 g/mol. The first-order chi connectivity index (χ1) is 5.33. The Bertz CT molecular complexity index is 206. The maximum atomic E-state index is 5.28. The molecule has 0 atom stereocenters. The van der Waals surface area contributed by atoms with Crippen LogP contribution in [0.4, 0.5) is 0 Å². The van der Waals surface area contributed by atoms with Crippen molar-refractivity contribution in [2.45, 2.75) is 32.6 Å². The second kappa shape index (κ2) is 3.95. The molecule has 0 aliphatic heterocycles. The van der Waals surface area contributed by atoms with Crippen molar-refractivity contribution in [1.82, 2.24) is 15.1 Å². The first-order valence-electron chi connectivity index (χ1n) is 3.99. The van der Waals surface area contributed by atoms with Gasteiger partial charge in [-0.3, -0.25) is 0 Å². The van der Waals surface area contributed by atoms with Crippen LogP contribution in [0.3, 0.4) is 0 Å². The van der Waals surface area contributed by atoms with Crippen LogP contribution in [0.15, 0.2) is 6.20 Å². The molecule has 0 bridgehead atoms. The quantitative estimate of drug-likeness (QED) is 0.513. The zero-order chi connectivity index (χ0) is 8.10. The molecule has 0 amide bonds. The normalized spacial score (nSPS) is 10.3. The van der Waals surface area contributed by atoms with Crippen molar-refractivity contribution in [3.8, 4) is 0 Å². The van der Waals surface area contributed by atoms with E-state index in [2.05, 4.69) is 17.1 Å². The maximum absolute atomic E-state index is 5.28. The van der Waals surface area contributed by atoms with Crippen molar-refractivity contribution in [3.63, 3.8) is 0 Å². The molecule has 0 aliphatic rings. The molecule has 4 heteroatoms. The lowest BCUT2D eigenvalue weighted by molar-refractivity contribution is 0.670. The van der Waals surface area contributed by atoms with Crippen LogP contribution < -0.4 is 5.84 Å². The number of unbranched alkanes of at least 4 members (excludes halogenated alkanes) is 2. The molecule has 1 aromatic heterocycles. The van der Waals surface area contributed by atoms with Crippen molar-refractivity contribution in [2.75, 3.05) is 5.84 Å². The Morgan fingerprint density at radius 2 is 2.36 bits per heavy atom. The molecule has 0 aliphatic carbocycles. The fraction of sp³-hybridized carbons (Fsp3) is 0.714. The van der Waals surface area contributed by atoms with Gasteiger partial charge in [0.05, 0.1) is 11.9 Å². The Labute approximate surface area is 66.4 Å². The zero-order valence-corrected chi connectivity index (χ0v) is 6.82. The molecule has 0 unspecified atom stereocenters. The van der Waals surface area contributed by atoms with Crippen LogP contribution in [0, 0.1) is 0 Å². The van der Waals surface area contributed by atoms with Gasteiger partial charge >= 0.3 is 0 Å². The van der Waals surface area contributed by atoms with Gasteiger partial charge in [-0.1, -0.05) is 24.7 Å². The van der Waals surface area contributed by atoms with Gasteiger partial charge < -0.3 is 5.84 Å². The lowest BCUT2D eigenvalue weighted by Gasteiger charge is -1.92. The molecule has 1 aromatic rings. The predicted octanol–water partition coefficient (Wildman–Crippen LogP) is 0.725. The third-order valence-electron chi connectivity index (χ3n) is 1.59. The number of nitrogen functional groups attached to an aromatic ring is 1. The van der Waals surface area contributed by atoms with E-state index in [1.54, 1.807) is 6.20 Å². The van der Waals surface area contributed by atoms with E-state index in [1.807, 2.05) is 0 Å². The number of aryl methyl sites for hydroxylation is 1. The lowest BCUT2D eigenvalue weighted by Crippen LogP contribution is -2.11. The number of hydrogen-bond donors (Lipinski definition) is 1. The van der Waals surface area contributed by atoms with Gasteiger partial charge in [0.2, 0.25) is 0 Å². The Kier molecular flexibility index (Phi) is 2.89. The van der Waals surface area contributed by atoms with E-state index >= 15 is 0 Å².